The maximum atomic E-state index is 13.1. The zero-order valence-electron chi connectivity index (χ0n) is 16.9. The van der Waals surface area contributed by atoms with E-state index in [9.17, 15) is 4.79 Å². The van der Waals surface area contributed by atoms with Gasteiger partial charge in [0.2, 0.25) is 0 Å². The molecule has 0 aromatic carbocycles. The lowest BCUT2D eigenvalue weighted by Gasteiger charge is -2.25. The number of imidazole rings is 1. The Bertz CT molecular complexity index is 1090. The number of pyridine rings is 1. The van der Waals surface area contributed by atoms with E-state index in [0.717, 1.165) is 73.8 Å². The van der Waals surface area contributed by atoms with Gasteiger partial charge in [0.25, 0.3) is 5.91 Å². The highest BCUT2D eigenvalue weighted by Crippen LogP contribution is 2.37. The molecule has 8 nitrogen and oxygen atoms in total. The van der Waals surface area contributed by atoms with Gasteiger partial charge in [0.1, 0.15) is 17.0 Å². The number of carbonyl (C=O) groups is 1. The van der Waals surface area contributed by atoms with Crippen molar-refractivity contribution in [2.75, 3.05) is 19.8 Å². The Balaban J connectivity index is 1.22. The third kappa shape index (κ3) is 3.01. The van der Waals surface area contributed by atoms with Crippen molar-refractivity contribution in [1.82, 2.24) is 24.4 Å². The van der Waals surface area contributed by atoms with Crippen molar-refractivity contribution in [3.63, 3.8) is 0 Å². The standard InChI is InChI=1S/C22H25N5O3/c28-22(26-7-4-19-18(12-26)25-21(30-19)14-2-1-3-14)15-10-17-20(23-11-15)27(13-24-17)16-5-8-29-9-6-16/h10-11,13-14,16H,1-9,12H2. The van der Waals surface area contributed by atoms with Gasteiger partial charge >= 0.3 is 0 Å². The first kappa shape index (κ1) is 18.1. The molecule has 0 N–H and O–H groups in total. The second kappa shape index (κ2) is 7.19. The Kier molecular flexibility index (Phi) is 4.33. The Labute approximate surface area is 174 Å². The second-order valence-corrected chi connectivity index (χ2v) is 8.59. The predicted octanol–water partition coefficient (Wildman–Crippen LogP) is 3.24. The molecule has 6 rings (SSSR count). The number of carbonyl (C=O) groups excluding carboxylic acids is 1. The summed E-state index contributed by atoms with van der Waals surface area (Å²) in [5.41, 5.74) is 3.08. The van der Waals surface area contributed by atoms with Crippen LogP contribution in [0.5, 0.6) is 0 Å². The average molecular weight is 407 g/mol. The van der Waals surface area contributed by atoms with Crippen LogP contribution in [-0.2, 0) is 17.7 Å². The van der Waals surface area contributed by atoms with E-state index in [1.165, 1.54) is 6.42 Å². The van der Waals surface area contributed by atoms with Gasteiger partial charge < -0.3 is 18.6 Å². The highest BCUT2D eigenvalue weighted by Gasteiger charge is 2.30. The minimum Gasteiger partial charge on any atom is -0.445 e. The van der Waals surface area contributed by atoms with Crippen LogP contribution in [-0.4, -0.2) is 50.1 Å². The van der Waals surface area contributed by atoms with Crippen LogP contribution in [0.3, 0.4) is 0 Å². The number of amides is 1. The molecule has 1 amide bonds. The number of nitrogens with zero attached hydrogens (tertiary/aromatic N) is 5. The minimum atomic E-state index is -0.0242. The molecular formula is C22H25N5O3. The number of oxazole rings is 1. The van der Waals surface area contributed by atoms with Crippen molar-refractivity contribution in [1.29, 1.82) is 0 Å². The molecule has 30 heavy (non-hydrogen) atoms. The second-order valence-electron chi connectivity index (χ2n) is 8.59. The molecule has 0 spiro atoms. The van der Waals surface area contributed by atoms with Gasteiger partial charge in [-0.25, -0.2) is 15.0 Å². The normalized spacial score (nSPS) is 20.3. The summed E-state index contributed by atoms with van der Waals surface area (Å²) in [7, 11) is 0. The Morgan fingerprint density at radius 3 is 2.80 bits per heavy atom. The van der Waals surface area contributed by atoms with E-state index in [1.54, 1.807) is 6.20 Å². The lowest BCUT2D eigenvalue weighted by atomic mass is 9.85. The van der Waals surface area contributed by atoms with E-state index in [4.69, 9.17) is 14.1 Å². The van der Waals surface area contributed by atoms with Crippen molar-refractivity contribution >= 4 is 17.1 Å². The van der Waals surface area contributed by atoms with Gasteiger partial charge in [-0.3, -0.25) is 4.79 Å². The molecule has 156 valence electrons. The van der Waals surface area contributed by atoms with Gasteiger partial charge in [0, 0.05) is 44.3 Å². The van der Waals surface area contributed by atoms with Crippen molar-refractivity contribution in [2.24, 2.45) is 0 Å². The van der Waals surface area contributed by atoms with Gasteiger partial charge in [-0.05, 0) is 31.7 Å². The molecule has 5 heterocycles. The summed E-state index contributed by atoms with van der Waals surface area (Å²) in [5.74, 6) is 2.26. The fraction of sp³-hybridized carbons (Fsp3) is 0.545. The third-order valence-corrected chi connectivity index (χ3v) is 6.73. The smallest absolute Gasteiger partial charge is 0.255 e. The predicted molar refractivity (Wildman–Crippen MR) is 108 cm³/mol. The van der Waals surface area contributed by atoms with E-state index >= 15 is 0 Å². The molecule has 0 atom stereocenters. The molecule has 2 aliphatic heterocycles. The van der Waals surface area contributed by atoms with Crippen molar-refractivity contribution in [3.05, 3.63) is 41.5 Å². The summed E-state index contributed by atoms with van der Waals surface area (Å²) in [6, 6.07) is 2.22. The van der Waals surface area contributed by atoms with Crippen molar-refractivity contribution < 1.29 is 13.9 Å². The monoisotopic (exact) mass is 407 g/mol. The topological polar surface area (TPSA) is 86.3 Å². The van der Waals surface area contributed by atoms with E-state index in [2.05, 4.69) is 14.5 Å². The SMILES string of the molecule is O=C(c1cnc2c(c1)ncn2C1CCOCC1)N1CCc2oc(C3CCC3)nc2C1. The zero-order valence-corrected chi connectivity index (χ0v) is 16.9. The van der Waals surface area contributed by atoms with Crippen LogP contribution in [0.4, 0.5) is 0 Å². The van der Waals surface area contributed by atoms with E-state index in [1.807, 2.05) is 17.3 Å². The van der Waals surface area contributed by atoms with Crippen LogP contribution in [0.15, 0.2) is 23.0 Å². The van der Waals surface area contributed by atoms with Crippen LogP contribution in [0.2, 0.25) is 0 Å². The molecule has 1 aliphatic carbocycles. The summed E-state index contributed by atoms with van der Waals surface area (Å²) >= 11 is 0. The Hall–Kier alpha value is -2.74. The largest absolute Gasteiger partial charge is 0.445 e. The summed E-state index contributed by atoms with van der Waals surface area (Å²) in [6.45, 7) is 2.67. The van der Waals surface area contributed by atoms with Gasteiger partial charge in [-0.15, -0.1) is 0 Å². The molecule has 3 aromatic heterocycles. The van der Waals surface area contributed by atoms with Crippen LogP contribution in [0, 0.1) is 0 Å². The first-order valence-corrected chi connectivity index (χ1v) is 10.9. The molecule has 3 aromatic rings. The van der Waals surface area contributed by atoms with E-state index < -0.39 is 0 Å². The van der Waals surface area contributed by atoms with E-state index in [-0.39, 0.29) is 5.91 Å². The van der Waals surface area contributed by atoms with Gasteiger partial charge in [0.05, 0.1) is 18.4 Å². The summed E-state index contributed by atoms with van der Waals surface area (Å²) < 4.78 is 13.6. The number of hydrogen-bond acceptors (Lipinski definition) is 6. The first-order valence-electron chi connectivity index (χ1n) is 10.9. The van der Waals surface area contributed by atoms with Crippen LogP contribution in [0.25, 0.3) is 11.2 Å². The fourth-order valence-corrected chi connectivity index (χ4v) is 4.67. The van der Waals surface area contributed by atoms with Crippen LogP contribution < -0.4 is 0 Å². The summed E-state index contributed by atoms with van der Waals surface area (Å²) in [5, 5.41) is 0. The van der Waals surface area contributed by atoms with Gasteiger partial charge in [-0.2, -0.15) is 0 Å². The molecule has 1 saturated carbocycles. The zero-order chi connectivity index (χ0) is 20.1. The molecule has 0 bridgehead atoms. The Morgan fingerprint density at radius 1 is 1.13 bits per heavy atom. The third-order valence-electron chi connectivity index (χ3n) is 6.73. The highest BCUT2D eigenvalue weighted by atomic mass is 16.5. The van der Waals surface area contributed by atoms with Crippen molar-refractivity contribution in [2.45, 2.75) is 57.0 Å². The van der Waals surface area contributed by atoms with Gasteiger partial charge in [-0.1, -0.05) is 6.42 Å². The summed E-state index contributed by atoms with van der Waals surface area (Å²) in [4.78, 5) is 28.8. The molecule has 3 aliphatic rings. The van der Waals surface area contributed by atoms with Gasteiger partial charge in [0.15, 0.2) is 11.5 Å². The molecule has 0 unspecified atom stereocenters. The van der Waals surface area contributed by atoms with Crippen LogP contribution in [0.1, 0.15) is 71.8 Å². The number of rotatable bonds is 3. The number of aromatic nitrogens is 4. The molecule has 8 heteroatoms. The molecule has 0 radical (unpaired) electrons. The average Bonchev–Trinajstić information content (AvgIpc) is 3.35. The molecular weight excluding hydrogens is 382 g/mol. The van der Waals surface area contributed by atoms with E-state index in [0.29, 0.717) is 30.6 Å². The maximum absolute atomic E-state index is 13.1. The van der Waals surface area contributed by atoms with Crippen molar-refractivity contribution in [3.8, 4) is 0 Å². The maximum Gasteiger partial charge on any atom is 0.255 e. The quantitative estimate of drug-likeness (QED) is 0.663. The minimum absolute atomic E-state index is 0.0242. The number of hydrogen-bond donors (Lipinski definition) is 0. The number of ether oxygens (including phenoxy) is 1. The highest BCUT2D eigenvalue weighted by molar-refractivity contribution is 5.96. The lowest BCUT2D eigenvalue weighted by molar-refractivity contribution is 0.0704. The molecule has 1 saturated heterocycles. The fourth-order valence-electron chi connectivity index (χ4n) is 4.67. The Morgan fingerprint density at radius 2 is 2.00 bits per heavy atom. The van der Waals surface area contributed by atoms with Crippen LogP contribution >= 0.6 is 0 Å². The molecule has 2 fully saturated rings. The number of fused-ring (bicyclic) bond motifs is 2. The first-order chi connectivity index (χ1) is 14.8. The lowest BCUT2D eigenvalue weighted by Crippen LogP contribution is -2.35. The summed E-state index contributed by atoms with van der Waals surface area (Å²) in [6.07, 6.45) is 9.74.